The molecular formula is C14H15BrO3. The molecular weight excluding hydrogens is 296 g/mol. The molecule has 0 radical (unpaired) electrons. The minimum atomic E-state index is -0.0218. The van der Waals surface area contributed by atoms with Crippen LogP contribution in [0, 0.1) is 5.92 Å². The molecule has 2 aliphatic rings. The van der Waals surface area contributed by atoms with Crippen molar-refractivity contribution in [3.8, 4) is 5.75 Å². The molecule has 3 nitrogen and oxygen atoms in total. The summed E-state index contributed by atoms with van der Waals surface area (Å²) in [4.78, 5) is 12.1. The predicted molar refractivity (Wildman–Crippen MR) is 71.0 cm³/mol. The molecule has 0 bridgehead atoms. The third-order valence-electron chi connectivity index (χ3n) is 3.63. The van der Waals surface area contributed by atoms with Gasteiger partial charge in [0.15, 0.2) is 5.78 Å². The van der Waals surface area contributed by atoms with Crippen LogP contribution in [0.1, 0.15) is 29.6 Å². The Hall–Kier alpha value is -0.870. The van der Waals surface area contributed by atoms with Gasteiger partial charge in [0, 0.05) is 23.4 Å². The van der Waals surface area contributed by atoms with Crippen LogP contribution in [0.3, 0.4) is 0 Å². The second-order valence-corrected chi connectivity index (χ2v) is 5.82. The van der Waals surface area contributed by atoms with Gasteiger partial charge in [-0.3, -0.25) is 4.79 Å². The number of carbonyl (C=O) groups excluding carboxylic acids is 1. The molecule has 0 unspecified atom stereocenters. The molecule has 96 valence electrons. The largest absolute Gasteiger partial charge is 0.489 e. The highest BCUT2D eigenvalue weighted by molar-refractivity contribution is 9.10. The quantitative estimate of drug-likeness (QED) is 0.799. The molecule has 0 amide bonds. The van der Waals surface area contributed by atoms with E-state index in [-0.39, 0.29) is 11.9 Å². The lowest BCUT2D eigenvalue weighted by molar-refractivity contribution is -0.00364. The van der Waals surface area contributed by atoms with Gasteiger partial charge in [-0.15, -0.1) is 0 Å². The monoisotopic (exact) mass is 310 g/mol. The molecule has 0 N–H and O–H groups in total. The van der Waals surface area contributed by atoms with E-state index in [2.05, 4.69) is 15.9 Å². The molecule has 1 aromatic rings. The molecule has 0 aromatic heterocycles. The average molecular weight is 311 g/mol. The number of carbonyl (C=O) groups is 1. The van der Waals surface area contributed by atoms with E-state index in [4.69, 9.17) is 9.47 Å². The molecule has 3 rings (SSSR count). The van der Waals surface area contributed by atoms with Crippen molar-refractivity contribution in [1.82, 2.24) is 0 Å². The van der Waals surface area contributed by atoms with E-state index in [1.807, 2.05) is 18.2 Å². The van der Waals surface area contributed by atoms with Crippen molar-refractivity contribution in [3.63, 3.8) is 0 Å². The zero-order chi connectivity index (χ0) is 12.5. The van der Waals surface area contributed by atoms with Gasteiger partial charge in [-0.2, -0.15) is 0 Å². The van der Waals surface area contributed by atoms with E-state index in [0.29, 0.717) is 30.3 Å². The van der Waals surface area contributed by atoms with Gasteiger partial charge in [-0.05, 0) is 31.0 Å². The second kappa shape index (κ2) is 5.02. The Morgan fingerprint density at radius 1 is 1.33 bits per heavy atom. The van der Waals surface area contributed by atoms with Crippen molar-refractivity contribution in [3.05, 3.63) is 28.2 Å². The van der Waals surface area contributed by atoms with Crippen LogP contribution in [0.2, 0.25) is 0 Å². The van der Waals surface area contributed by atoms with Crippen LogP contribution in [0.15, 0.2) is 22.7 Å². The number of hydrogen-bond acceptors (Lipinski definition) is 3. The number of fused-ring (bicyclic) bond motifs is 1. The van der Waals surface area contributed by atoms with Crippen LogP contribution in [-0.4, -0.2) is 25.1 Å². The van der Waals surface area contributed by atoms with Gasteiger partial charge in [-0.1, -0.05) is 15.9 Å². The summed E-state index contributed by atoms with van der Waals surface area (Å²) in [6.07, 6.45) is 2.60. The van der Waals surface area contributed by atoms with Gasteiger partial charge in [-0.25, -0.2) is 0 Å². The van der Waals surface area contributed by atoms with Gasteiger partial charge in [0.2, 0.25) is 0 Å². The molecule has 1 aromatic carbocycles. The smallest absolute Gasteiger partial charge is 0.170 e. The van der Waals surface area contributed by atoms with Crippen LogP contribution in [0.25, 0.3) is 0 Å². The Morgan fingerprint density at radius 2 is 2.22 bits per heavy atom. The average Bonchev–Trinajstić information content (AvgIpc) is 2.40. The third-order valence-corrected chi connectivity index (χ3v) is 4.12. The van der Waals surface area contributed by atoms with Gasteiger partial charge in [0.05, 0.1) is 12.2 Å². The Kier molecular flexibility index (Phi) is 3.39. The number of halogens is 1. The predicted octanol–water partition coefficient (Wildman–Crippen LogP) is 3.21. The maximum Gasteiger partial charge on any atom is 0.170 e. The summed E-state index contributed by atoms with van der Waals surface area (Å²) in [6.45, 7) is 1.55. The Balaban J connectivity index is 1.82. The van der Waals surface area contributed by atoms with E-state index in [1.165, 1.54) is 0 Å². The maximum atomic E-state index is 12.1. The fraction of sp³-hybridized carbons (Fsp3) is 0.500. The van der Waals surface area contributed by atoms with Crippen LogP contribution in [-0.2, 0) is 4.74 Å². The molecule has 0 spiro atoms. The zero-order valence-corrected chi connectivity index (χ0v) is 11.6. The van der Waals surface area contributed by atoms with Crippen LogP contribution in [0.5, 0.6) is 5.75 Å². The van der Waals surface area contributed by atoms with Crippen LogP contribution < -0.4 is 4.74 Å². The summed E-state index contributed by atoms with van der Waals surface area (Å²) in [5.41, 5.74) is 0.692. The number of hydrogen-bond donors (Lipinski definition) is 0. The number of benzene rings is 1. The third kappa shape index (κ3) is 2.31. The second-order valence-electron chi connectivity index (χ2n) is 4.90. The molecule has 0 aliphatic carbocycles. The summed E-state index contributed by atoms with van der Waals surface area (Å²) >= 11 is 3.38. The molecule has 18 heavy (non-hydrogen) atoms. The van der Waals surface area contributed by atoms with Gasteiger partial charge >= 0.3 is 0 Å². The molecule has 2 atom stereocenters. The standard InChI is InChI=1S/C14H15BrO3/c15-10-3-4-13-11(6-10)12(16)7-14(18-13)9-2-1-5-17-8-9/h3-4,6,9,14H,1-2,5,7-8H2/t9-,14-/m1/s1. The summed E-state index contributed by atoms with van der Waals surface area (Å²) in [7, 11) is 0. The number of rotatable bonds is 1. The molecule has 1 fully saturated rings. The first-order chi connectivity index (χ1) is 8.74. The van der Waals surface area contributed by atoms with Crippen molar-refractivity contribution in [1.29, 1.82) is 0 Å². The first-order valence-electron chi connectivity index (χ1n) is 6.31. The summed E-state index contributed by atoms with van der Waals surface area (Å²) < 4.78 is 12.4. The van der Waals surface area contributed by atoms with Crippen LogP contribution in [0.4, 0.5) is 0 Å². The Morgan fingerprint density at radius 3 is 3.00 bits per heavy atom. The first-order valence-corrected chi connectivity index (χ1v) is 7.10. The summed E-state index contributed by atoms with van der Waals surface area (Å²) in [5, 5.41) is 0. The van der Waals surface area contributed by atoms with Crippen molar-refractivity contribution in [2.75, 3.05) is 13.2 Å². The Labute approximate surface area is 115 Å². The van der Waals surface area contributed by atoms with E-state index in [9.17, 15) is 4.79 Å². The molecule has 0 saturated carbocycles. The SMILES string of the molecule is O=C1C[C@H]([C@@H]2CCCOC2)Oc2ccc(Br)cc21. The van der Waals surface area contributed by atoms with E-state index < -0.39 is 0 Å². The molecule has 4 heteroatoms. The maximum absolute atomic E-state index is 12.1. The van der Waals surface area contributed by atoms with E-state index >= 15 is 0 Å². The lowest BCUT2D eigenvalue weighted by Crippen LogP contribution is -2.38. The molecule has 2 heterocycles. The van der Waals surface area contributed by atoms with Gasteiger partial charge < -0.3 is 9.47 Å². The summed E-state index contributed by atoms with van der Waals surface area (Å²) in [5.74, 6) is 1.23. The first kappa shape index (κ1) is 12.2. The van der Waals surface area contributed by atoms with Gasteiger partial charge in [0.1, 0.15) is 11.9 Å². The zero-order valence-electron chi connectivity index (χ0n) is 10.0. The topological polar surface area (TPSA) is 35.5 Å². The highest BCUT2D eigenvalue weighted by atomic mass is 79.9. The number of Topliss-reactive ketones (excluding diaryl/α,β-unsaturated/α-hetero) is 1. The van der Waals surface area contributed by atoms with Crippen molar-refractivity contribution >= 4 is 21.7 Å². The molecule has 1 saturated heterocycles. The minimum absolute atomic E-state index is 0.0218. The fourth-order valence-corrected chi connectivity index (χ4v) is 3.00. The highest BCUT2D eigenvalue weighted by Gasteiger charge is 2.33. The van der Waals surface area contributed by atoms with E-state index in [0.717, 1.165) is 23.9 Å². The Bertz CT molecular complexity index is 466. The van der Waals surface area contributed by atoms with E-state index in [1.54, 1.807) is 0 Å². The van der Waals surface area contributed by atoms with Crippen LogP contribution >= 0.6 is 15.9 Å². The van der Waals surface area contributed by atoms with Gasteiger partial charge in [0.25, 0.3) is 0 Å². The number of ketones is 1. The summed E-state index contributed by atoms with van der Waals surface area (Å²) in [6, 6.07) is 5.62. The normalized spacial score (nSPS) is 27.5. The lowest BCUT2D eigenvalue weighted by Gasteiger charge is -2.33. The molecule has 2 aliphatic heterocycles. The lowest BCUT2D eigenvalue weighted by atomic mass is 9.89. The van der Waals surface area contributed by atoms with Crippen molar-refractivity contribution < 1.29 is 14.3 Å². The van der Waals surface area contributed by atoms with Crippen molar-refractivity contribution in [2.24, 2.45) is 5.92 Å². The highest BCUT2D eigenvalue weighted by Crippen LogP contribution is 2.34. The van der Waals surface area contributed by atoms with Crippen molar-refractivity contribution in [2.45, 2.75) is 25.4 Å². The number of ether oxygens (including phenoxy) is 2. The fourth-order valence-electron chi connectivity index (χ4n) is 2.64. The minimum Gasteiger partial charge on any atom is -0.489 e.